The molecule has 0 aliphatic heterocycles. The highest BCUT2D eigenvalue weighted by atomic mass is 32.2. The molecule has 0 amide bonds. The number of carbonyl (C=O) groups is 1. The van der Waals surface area contributed by atoms with Crippen LogP contribution in [0.15, 0.2) is 16.5 Å². The molecule has 1 rings (SSSR count). The summed E-state index contributed by atoms with van der Waals surface area (Å²) >= 11 is 1.78. The number of hydrogen-bond donors (Lipinski definition) is 3. The van der Waals surface area contributed by atoms with Gasteiger partial charge in [-0.15, -0.1) is 0 Å². The zero-order valence-electron chi connectivity index (χ0n) is 9.52. The molecule has 0 bridgehead atoms. The molecule has 6 heteroatoms. The Morgan fingerprint density at radius 1 is 1.41 bits per heavy atom. The number of carboxylic acid groups (broad SMARTS) is 1. The number of hydrogen-bond acceptors (Lipinski definition) is 5. The summed E-state index contributed by atoms with van der Waals surface area (Å²) < 4.78 is 5.09. The van der Waals surface area contributed by atoms with Gasteiger partial charge in [0, 0.05) is 18.9 Å². The first-order valence-electron chi connectivity index (χ1n) is 5.45. The molecule has 0 fully saturated rings. The summed E-state index contributed by atoms with van der Waals surface area (Å²) in [7, 11) is 0. The normalized spacial score (nSPS) is 10.6. The van der Waals surface area contributed by atoms with E-state index >= 15 is 0 Å². The van der Waals surface area contributed by atoms with Gasteiger partial charge in [-0.3, -0.25) is 0 Å². The van der Waals surface area contributed by atoms with Gasteiger partial charge in [-0.05, 0) is 24.3 Å². The predicted octanol–water partition coefficient (Wildman–Crippen LogP) is 1.18. The van der Waals surface area contributed by atoms with Gasteiger partial charge in [-0.1, -0.05) is 0 Å². The summed E-state index contributed by atoms with van der Waals surface area (Å²) in [6.45, 7) is 1.61. The molecule has 0 aliphatic rings. The van der Waals surface area contributed by atoms with Gasteiger partial charge in [0.05, 0.1) is 6.54 Å². The van der Waals surface area contributed by atoms with Crippen LogP contribution in [0.25, 0.3) is 0 Å². The van der Waals surface area contributed by atoms with Gasteiger partial charge in [-0.25, -0.2) is 4.79 Å². The van der Waals surface area contributed by atoms with Gasteiger partial charge in [-0.2, -0.15) is 11.8 Å². The molecular formula is C11H17NO4S. The first-order chi connectivity index (χ1) is 8.24. The monoisotopic (exact) mass is 259 g/mol. The second-order valence-corrected chi connectivity index (χ2v) is 4.66. The van der Waals surface area contributed by atoms with E-state index in [2.05, 4.69) is 5.32 Å². The molecule has 5 nitrogen and oxygen atoms in total. The SMILES string of the molecule is O=C(O)c1ccc(CNCCSCCCO)o1. The van der Waals surface area contributed by atoms with Crippen LogP contribution in [0.5, 0.6) is 0 Å². The lowest BCUT2D eigenvalue weighted by atomic mass is 10.4. The first-order valence-corrected chi connectivity index (χ1v) is 6.61. The quantitative estimate of drug-likeness (QED) is 0.578. The maximum atomic E-state index is 10.6. The summed E-state index contributed by atoms with van der Waals surface area (Å²) in [6, 6.07) is 3.12. The molecule has 0 aromatic carbocycles. The Labute approximate surface area is 104 Å². The minimum absolute atomic E-state index is 0.0286. The number of aromatic carboxylic acids is 1. The van der Waals surface area contributed by atoms with Crippen LogP contribution < -0.4 is 5.32 Å². The third-order valence-corrected chi connectivity index (χ3v) is 3.11. The van der Waals surface area contributed by atoms with Crippen molar-refractivity contribution < 1.29 is 19.4 Å². The summed E-state index contributed by atoms with van der Waals surface area (Å²) in [6.07, 6.45) is 0.824. The molecule has 0 radical (unpaired) electrons. The number of aliphatic hydroxyl groups excluding tert-OH is 1. The number of furan rings is 1. The molecule has 0 saturated carbocycles. The molecule has 0 atom stereocenters. The van der Waals surface area contributed by atoms with Crippen molar-refractivity contribution in [3.63, 3.8) is 0 Å². The molecule has 0 aliphatic carbocycles. The van der Waals surface area contributed by atoms with Crippen LogP contribution in [0.3, 0.4) is 0 Å². The first kappa shape index (κ1) is 14.1. The number of aliphatic hydroxyl groups is 1. The van der Waals surface area contributed by atoms with E-state index < -0.39 is 5.97 Å². The second-order valence-electron chi connectivity index (χ2n) is 3.44. The van der Waals surface area contributed by atoms with Crippen molar-refractivity contribution in [3.8, 4) is 0 Å². The maximum absolute atomic E-state index is 10.6. The average Bonchev–Trinajstić information content (AvgIpc) is 2.77. The highest BCUT2D eigenvalue weighted by molar-refractivity contribution is 7.99. The van der Waals surface area contributed by atoms with Crippen LogP contribution in [0.1, 0.15) is 22.7 Å². The number of carboxylic acids is 1. The highest BCUT2D eigenvalue weighted by Crippen LogP contribution is 2.07. The zero-order valence-corrected chi connectivity index (χ0v) is 10.3. The van der Waals surface area contributed by atoms with Crippen molar-refractivity contribution in [1.82, 2.24) is 5.32 Å². The third-order valence-electron chi connectivity index (χ3n) is 2.04. The Bertz CT molecular complexity index is 340. The molecule has 1 heterocycles. The summed E-state index contributed by atoms with van der Waals surface area (Å²) in [4.78, 5) is 10.6. The van der Waals surface area contributed by atoms with E-state index in [-0.39, 0.29) is 12.4 Å². The highest BCUT2D eigenvalue weighted by Gasteiger charge is 2.07. The topological polar surface area (TPSA) is 82.7 Å². The van der Waals surface area contributed by atoms with E-state index in [0.717, 1.165) is 24.5 Å². The van der Waals surface area contributed by atoms with Gasteiger partial charge in [0.25, 0.3) is 0 Å². The average molecular weight is 259 g/mol. The second kappa shape index (κ2) is 8.16. The molecule has 3 N–H and O–H groups in total. The minimum Gasteiger partial charge on any atom is -0.475 e. The van der Waals surface area contributed by atoms with Gasteiger partial charge in [0.2, 0.25) is 5.76 Å². The van der Waals surface area contributed by atoms with Gasteiger partial charge in [0.1, 0.15) is 5.76 Å². The lowest BCUT2D eigenvalue weighted by Gasteiger charge is -2.02. The lowest BCUT2D eigenvalue weighted by Crippen LogP contribution is -2.16. The Morgan fingerprint density at radius 3 is 2.88 bits per heavy atom. The molecule has 0 unspecified atom stereocenters. The molecule has 1 aromatic heterocycles. The Morgan fingerprint density at radius 2 is 2.24 bits per heavy atom. The van der Waals surface area contributed by atoms with Crippen molar-refractivity contribution in [2.75, 3.05) is 24.7 Å². The lowest BCUT2D eigenvalue weighted by molar-refractivity contribution is 0.0660. The Kier molecular flexibility index (Phi) is 6.76. The summed E-state index contributed by atoms with van der Waals surface area (Å²) in [5.74, 6) is 1.48. The van der Waals surface area contributed by atoms with Crippen LogP contribution in [-0.2, 0) is 6.54 Å². The van der Waals surface area contributed by atoms with E-state index in [9.17, 15) is 4.79 Å². The fourth-order valence-corrected chi connectivity index (χ4v) is 2.04. The van der Waals surface area contributed by atoms with E-state index in [4.69, 9.17) is 14.6 Å². The Hall–Kier alpha value is -0.980. The van der Waals surface area contributed by atoms with Crippen molar-refractivity contribution in [2.45, 2.75) is 13.0 Å². The summed E-state index contributed by atoms with van der Waals surface area (Å²) in [5, 5.41) is 20.4. The van der Waals surface area contributed by atoms with Gasteiger partial charge < -0.3 is 19.9 Å². The molecule has 96 valence electrons. The van der Waals surface area contributed by atoms with Crippen LogP contribution in [0.4, 0.5) is 0 Å². The standard InChI is InChI=1S/C11H17NO4S/c13-5-1-6-17-7-4-12-8-9-2-3-10(16-9)11(14)15/h2-3,12-13H,1,4-8H2,(H,14,15). The van der Waals surface area contributed by atoms with Crippen molar-refractivity contribution >= 4 is 17.7 Å². The van der Waals surface area contributed by atoms with E-state index in [1.165, 1.54) is 6.07 Å². The van der Waals surface area contributed by atoms with Crippen LogP contribution in [0, 0.1) is 0 Å². The van der Waals surface area contributed by atoms with Crippen molar-refractivity contribution in [1.29, 1.82) is 0 Å². The third kappa shape index (κ3) is 5.76. The predicted molar refractivity (Wildman–Crippen MR) is 66.4 cm³/mol. The number of nitrogens with one attached hydrogen (secondary N) is 1. The molecule has 17 heavy (non-hydrogen) atoms. The van der Waals surface area contributed by atoms with E-state index in [1.54, 1.807) is 17.8 Å². The number of rotatable bonds is 9. The van der Waals surface area contributed by atoms with E-state index in [0.29, 0.717) is 12.3 Å². The smallest absolute Gasteiger partial charge is 0.371 e. The largest absolute Gasteiger partial charge is 0.475 e. The van der Waals surface area contributed by atoms with Crippen molar-refractivity contribution in [2.24, 2.45) is 0 Å². The molecular weight excluding hydrogens is 242 g/mol. The van der Waals surface area contributed by atoms with Crippen molar-refractivity contribution in [3.05, 3.63) is 23.7 Å². The maximum Gasteiger partial charge on any atom is 0.371 e. The summed E-state index contributed by atoms with van der Waals surface area (Å²) in [5.41, 5.74) is 0. The van der Waals surface area contributed by atoms with E-state index in [1.807, 2.05) is 0 Å². The minimum atomic E-state index is -1.05. The molecule has 0 spiro atoms. The fraction of sp³-hybridized carbons (Fsp3) is 0.545. The van der Waals surface area contributed by atoms with Crippen LogP contribution in [0.2, 0.25) is 0 Å². The van der Waals surface area contributed by atoms with Crippen LogP contribution in [-0.4, -0.2) is 40.8 Å². The van der Waals surface area contributed by atoms with Crippen LogP contribution >= 0.6 is 11.8 Å². The fourth-order valence-electron chi connectivity index (χ4n) is 1.21. The number of thioether (sulfide) groups is 1. The Balaban J connectivity index is 2.07. The molecule has 0 saturated heterocycles. The van der Waals surface area contributed by atoms with Gasteiger partial charge >= 0.3 is 5.97 Å². The molecule has 1 aromatic rings. The van der Waals surface area contributed by atoms with Gasteiger partial charge in [0.15, 0.2) is 0 Å². The zero-order chi connectivity index (χ0) is 12.5.